The van der Waals surface area contributed by atoms with Crippen molar-refractivity contribution >= 4 is 10.4 Å². The SMILES string of the molecule is CC(C)(C)c1cccc(OS(=O)(=O)O)c1C(C)(C)C. The molecular weight excluding hydrogens is 264 g/mol. The molecule has 5 heteroatoms. The van der Waals surface area contributed by atoms with Gasteiger partial charge in [-0.25, -0.2) is 0 Å². The molecule has 1 aromatic rings. The first-order chi connectivity index (χ1) is 8.32. The Morgan fingerprint density at radius 2 is 1.53 bits per heavy atom. The molecule has 0 heterocycles. The second-order valence-corrected chi connectivity index (χ2v) is 7.71. The summed E-state index contributed by atoms with van der Waals surface area (Å²) in [4.78, 5) is 0. The van der Waals surface area contributed by atoms with Crippen molar-refractivity contribution in [3.8, 4) is 5.75 Å². The van der Waals surface area contributed by atoms with Gasteiger partial charge in [-0.2, -0.15) is 8.42 Å². The Labute approximate surface area is 115 Å². The molecule has 1 N–H and O–H groups in total. The smallest absolute Gasteiger partial charge is 0.361 e. The van der Waals surface area contributed by atoms with E-state index >= 15 is 0 Å². The molecule has 0 bridgehead atoms. The van der Waals surface area contributed by atoms with Gasteiger partial charge >= 0.3 is 10.4 Å². The summed E-state index contributed by atoms with van der Waals surface area (Å²) in [5, 5.41) is 0. The molecule has 1 aromatic carbocycles. The van der Waals surface area contributed by atoms with Crippen LogP contribution in [0.15, 0.2) is 18.2 Å². The van der Waals surface area contributed by atoms with Gasteiger partial charge in [0.2, 0.25) is 0 Å². The van der Waals surface area contributed by atoms with Crippen molar-refractivity contribution in [1.82, 2.24) is 0 Å². The largest absolute Gasteiger partial charge is 0.446 e. The minimum Gasteiger partial charge on any atom is -0.361 e. The van der Waals surface area contributed by atoms with Gasteiger partial charge in [-0.1, -0.05) is 53.7 Å². The molecule has 0 saturated heterocycles. The van der Waals surface area contributed by atoms with Gasteiger partial charge in [0.25, 0.3) is 0 Å². The third-order valence-electron chi connectivity index (χ3n) is 2.78. The van der Waals surface area contributed by atoms with Crippen LogP contribution < -0.4 is 4.18 Å². The van der Waals surface area contributed by atoms with E-state index < -0.39 is 10.4 Å². The Kier molecular flexibility index (Phi) is 4.04. The van der Waals surface area contributed by atoms with Crippen molar-refractivity contribution in [3.05, 3.63) is 29.3 Å². The predicted molar refractivity (Wildman–Crippen MR) is 76.0 cm³/mol. The molecule has 0 amide bonds. The average molecular weight is 286 g/mol. The Balaban J connectivity index is 3.58. The van der Waals surface area contributed by atoms with E-state index in [9.17, 15) is 8.42 Å². The Morgan fingerprint density at radius 1 is 1.00 bits per heavy atom. The van der Waals surface area contributed by atoms with Gasteiger partial charge in [-0.05, 0) is 22.5 Å². The summed E-state index contributed by atoms with van der Waals surface area (Å²) in [6.07, 6.45) is 0. The normalized spacial score (nSPS) is 13.4. The Bertz CT molecular complexity index is 560. The molecule has 0 unspecified atom stereocenters. The van der Waals surface area contributed by atoms with Crippen LogP contribution in [0.5, 0.6) is 5.75 Å². The van der Waals surface area contributed by atoms with Crippen LogP contribution in [-0.2, 0) is 21.2 Å². The molecule has 19 heavy (non-hydrogen) atoms. The highest BCUT2D eigenvalue weighted by atomic mass is 32.3. The third-order valence-corrected chi connectivity index (χ3v) is 3.17. The van der Waals surface area contributed by atoms with Crippen LogP contribution in [0.25, 0.3) is 0 Å². The highest BCUT2D eigenvalue weighted by Crippen LogP contribution is 2.40. The van der Waals surface area contributed by atoms with Crippen LogP contribution in [0.3, 0.4) is 0 Å². The monoisotopic (exact) mass is 286 g/mol. The lowest BCUT2D eigenvalue weighted by Gasteiger charge is -2.31. The van der Waals surface area contributed by atoms with Gasteiger partial charge in [0.05, 0.1) is 0 Å². The molecule has 0 aliphatic heterocycles. The summed E-state index contributed by atoms with van der Waals surface area (Å²) in [5.41, 5.74) is 1.34. The minimum absolute atomic E-state index is 0.152. The molecular formula is C14H22O4S. The maximum atomic E-state index is 11.0. The summed E-state index contributed by atoms with van der Waals surface area (Å²) in [7, 11) is -4.52. The van der Waals surface area contributed by atoms with Crippen LogP contribution in [0.1, 0.15) is 52.7 Å². The molecule has 0 radical (unpaired) electrons. The first-order valence-corrected chi connectivity index (χ1v) is 7.50. The van der Waals surface area contributed by atoms with Crippen molar-refractivity contribution in [2.75, 3.05) is 0 Å². The van der Waals surface area contributed by atoms with E-state index in [2.05, 4.69) is 20.8 Å². The van der Waals surface area contributed by atoms with E-state index in [1.165, 1.54) is 0 Å². The molecule has 0 spiro atoms. The molecule has 0 aliphatic carbocycles. The fraction of sp³-hybridized carbons (Fsp3) is 0.571. The van der Waals surface area contributed by atoms with Crippen molar-refractivity contribution in [2.45, 2.75) is 52.4 Å². The molecule has 0 aromatic heterocycles. The zero-order chi connectivity index (χ0) is 15.1. The fourth-order valence-corrected chi connectivity index (χ4v) is 2.48. The lowest BCUT2D eigenvalue weighted by molar-refractivity contribution is 0.379. The third kappa shape index (κ3) is 4.21. The zero-order valence-corrected chi connectivity index (χ0v) is 13.1. The maximum Gasteiger partial charge on any atom is 0.446 e. The highest BCUT2D eigenvalue weighted by molar-refractivity contribution is 7.81. The summed E-state index contributed by atoms with van der Waals surface area (Å²) in [5.74, 6) is 0.183. The Morgan fingerprint density at radius 3 is 1.89 bits per heavy atom. The topological polar surface area (TPSA) is 63.6 Å². The average Bonchev–Trinajstić information content (AvgIpc) is 2.11. The molecule has 0 atom stereocenters. The first kappa shape index (κ1) is 16.0. The summed E-state index contributed by atoms with van der Waals surface area (Å²) < 4.78 is 35.6. The zero-order valence-electron chi connectivity index (χ0n) is 12.3. The van der Waals surface area contributed by atoms with Gasteiger partial charge in [-0.3, -0.25) is 4.55 Å². The van der Waals surface area contributed by atoms with E-state index in [-0.39, 0.29) is 16.6 Å². The summed E-state index contributed by atoms with van der Waals surface area (Å²) in [6, 6.07) is 5.25. The minimum atomic E-state index is -4.52. The molecule has 0 aliphatic rings. The Hall–Kier alpha value is -1.07. The van der Waals surface area contributed by atoms with Crippen molar-refractivity contribution < 1.29 is 17.2 Å². The van der Waals surface area contributed by atoms with E-state index in [1.807, 2.05) is 26.8 Å². The van der Waals surface area contributed by atoms with Crippen molar-refractivity contribution in [3.63, 3.8) is 0 Å². The van der Waals surface area contributed by atoms with Crippen LogP contribution in [-0.4, -0.2) is 13.0 Å². The highest BCUT2D eigenvalue weighted by Gasteiger charge is 2.29. The van der Waals surface area contributed by atoms with E-state index in [0.717, 1.165) is 11.1 Å². The summed E-state index contributed by atoms with van der Waals surface area (Å²) in [6.45, 7) is 12.1. The van der Waals surface area contributed by atoms with E-state index in [4.69, 9.17) is 8.74 Å². The van der Waals surface area contributed by atoms with Crippen molar-refractivity contribution in [2.24, 2.45) is 0 Å². The molecule has 4 nitrogen and oxygen atoms in total. The van der Waals surface area contributed by atoms with Crippen molar-refractivity contribution in [1.29, 1.82) is 0 Å². The van der Waals surface area contributed by atoms with Gasteiger partial charge < -0.3 is 4.18 Å². The van der Waals surface area contributed by atoms with E-state index in [1.54, 1.807) is 12.1 Å². The molecule has 0 fully saturated rings. The lowest BCUT2D eigenvalue weighted by atomic mass is 9.75. The van der Waals surface area contributed by atoms with Gasteiger partial charge in [0.15, 0.2) is 0 Å². The van der Waals surface area contributed by atoms with Crippen LogP contribution in [0, 0.1) is 0 Å². The van der Waals surface area contributed by atoms with Crippen LogP contribution >= 0.6 is 0 Å². The van der Waals surface area contributed by atoms with Crippen LogP contribution in [0.4, 0.5) is 0 Å². The summed E-state index contributed by atoms with van der Waals surface area (Å²) >= 11 is 0. The molecule has 0 saturated carbocycles. The van der Waals surface area contributed by atoms with Gasteiger partial charge in [0.1, 0.15) is 5.75 Å². The van der Waals surface area contributed by atoms with Crippen LogP contribution in [0.2, 0.25) is 0 Å². The number of hydrogen-bond acceptors (Lipinski definition) is 3. The second-order valence-electron chi connectivity index (χ2n) is 6.69. The number of hydrogen-bond donors (Lipinski definition) is 1. The van der Waals surface area contributed by atoms with Gasteiger partial charge in [0, 0.05) is 5.56 Å². The standard InChI is InChI=1S/C14H22O4S/c1-13(2,3)10-8-7-9-11(18-19(15,16)17)12(10)14(4,5)6/h7-9H,1-6H3,(H,15,16,17). The number of rotatable bonds is 2. The van der Waals surface area contributed by atoms with E-state index in [0.29, 0.717) is 0 Å². The number of benzene rings is 1. The lowest BCUT2D eigenvalue weighted by Crippen LogP contribution is -2.24. The van der Waals surface area contributed by atoms with Gasteiger partial charge in [-0.15, -0.1) is 0 Å². The predicted octanol–water partition coefficient (Wildman–Crippen LogP) is 3.46. The first-order valence-electron chi connectivity index (χ1n) is 6.13. The molecule has 1 rings (SSSR count). The molecule has 108 valence electrons. The maximum absolute atomic E-state index is 11.0. The quantitative estimate of drug-likeness (QED) is 0.846. The second kappa shape index (κ2) is 4.80. The fourth-order valence-electron chi connectivity index (χ4n) is 2.11.